The highest BCUT2D eigenvalue weighted by atomic mass is 16.5. The molecule has 2 rings (SSSR count). The molecule has 178 valence electrons. The lowest BCUT2D eigenvalue weighted by atomic mass is 10.2. The average Bonchev–Trinajstić information content (AvgIpc) is 2.82. The van der Waals surface area contributed by atoms with Crippen molar-refractivity contribution in [1.82, 2.24) is 15.1 Å². The fraction of sp³-hybridized carbons (Fsp3) is 0.600. The number of carbonyl (C=O) groups excluding carboxylic acids is 2. The highest BCUT2D eigenvalue weighted by Crippen LogP contribution is 2.12. The number of rotatable bonds is 13. The molecule has 0 spiro atoms. The summed E-state index contributed by atoms with van der Waals surface area (Å²) in [7, 11) is 1.62. The van der Waals surface area contributed by atoms with Crippen molar-refractivity contribution >= 4 is 17.9 Å². The first-order chi connectivity index (χ1) is 15.5. The van der Waals surface area contributed by atoms with E-state index in [1.807, 2.05) is 29.2 Å². The third-order valence-electron chi connectivity index (χ3n) is 5.66. The molecule has 0 aliphatic carbocycles. The smallest absolute Gasteiger partial charge is 0.244 e. The molecule has 0 saturated carbocycles. The number of hydrogen-bond acceptors (Lipinski definition) is 5. The van der Waals surface area contributed by atoms with Crippen LogP contribution in [0.1, 0.15) is 45.1 Å². The van der Waals surface area contributed by atoms with E-state index in [1.165, 1.54) is 12.5 Å². The predicted octanol–water partition coefficient (Wildman–Crippen LogP) is 2.95. The molecule has 32 heavy (non-hydrogen) atoms. The van der Waals surface area contributed by atoms with Crippen molar-refractivity contribution < 1.29 is 19.1 Å². The van der Waals surface area contributed by atoms with Crippen LogP contribution >= 0.6 is 0 Å². The largest absolute Gasteiger partial charge is 0.497 e. The SMILES string of the molecule is CCCCCCN(CCN1CCOCC1)C(=O)C(C)NC(=O)/C=C/c1ccc(OC)cc1. The fourth-order valence-corrected chi connectivity index (χ4v) is 3.63. The van der Waals surface area contributed by atoms with E-state index in [1.54, 1.807) is 20.1 Å². The van der Waals surface area contributed by atoms with Crippen LogP contribution in [0.3, 0.4) is 0 Å². The van der Waals surface area contributed by atoms with E-state index in [-0.39, 0.29) is 11.8 Å². The maximum Gasteiger partial charge on any atom is 0.244 e. The lowest BCUT2D eigenvalue weighted by Gasteiger charge is -2.31. The summed E-state index contributed by atoms with van der Waals surface area (Å²) in [4.78, 5) is 29.7. The quantitative estimate of drug-likeness (QED) is 0.373. The number of nitrogens with one attached hydrogen (secondary N) is 1. The van der Waals surface area contributed by atoms with Crippen molar-refractivity contribution in [2.75, 3.05) is 53.0 Å². The van der Waals surface area contributed by atoms with Crippen LogP contribution < -0.4 is 10.1 Å². The van der Waals surface area contributed by atoms with Gasteiger partial charge in [-0.3, -0.25) is 14.5 Å². The zero-order chi connectivity index (χ0) is 23.2. The Balaban J connectivity index is 1.88. The van der Waals surface area contributed by atoms with Crippen molar-refractivity contribution in [2.45, 2.75) is 45.6 Å². The van der Waals surface area contributed by atoms with E-state index in [2.05, 4.69) is 17.1 Å². The summed E-state index contributed by atoms with van der Waals surface area (Å²) in [6, 6.07) is 6.86. The van der Waals surface area contributed by atoms with E-state index in [9.17, 15) is 9.59 Å². The van der Waals surface area contributed by atoms with Gasteiger partial charge in [0.15, 0.2) is 0 Å². The predicted molar refractivity (Wildman–Crippen MR) is 128 cm³/mol. The van der Waals surface area contributed by atoms with E-state index in [4.69, 9.17) is 9.47 Å². The number of carbonyl (C=O) groups is 2. The third-order valence-corrected chi connectivity index (χ3v) is 5.66. The molecule has 0 radical (unpaired) electrons. The van der Waals surface area contributed by atoms with E-state index < -0.39 is 6.04 Å². The van der Waals surface area contributed by atoms with Gasteiger partial charge in [-0.1, -0.05) is 38.3 Å². The number of benzene rings is 1. The van der Waals surface area contributed by atoms with Gasteiger partial charge in [0.05, 0.1) is 20.3 Å². The zero-order valence-electron chi connectivity index (χ0n) is 19.8. The van der Waals surface area contributed by atoms with E-state index in [0.717, 1.165) is 70.0 Å². The Morgan fingerprint density at radius 1 is 1.16 bits per heavy atom. The van der Waals surface area contributed by atoms with Crippen LogP contribution in [-0.4, -0.2) is 80.7 Å². The molecule has 1 aliphatic heterocycles. The highest BCUT2D eigenvalue weighted by molar-refractivity contribution is 5.95. The molecule has 0 bridgehead atoms. The topological polar surface area (TPSA) is 71.1 Å². The first kappa shape index (κ1) is 25.9. The molecule has 1 aromatic carbocycles. The summed E-state index contributed by atoms with van der Waals surface area (Å²) >= 11 is 0. The minimum atomic E-state index is -0.570. The normalized spacial score (nSPS) is 15.5. The van der Waals surface area contributed by atoms with Gasteiger partial charge in [-0.05, 0) is 37.1 Å². The number of ether oxygens (including phenoxy) is 2. The monoisotopic (exact) mass is 445 g/mol. The van der Waals surface area contributed by atoms with Gasteiger partial charge < -0.3 is 19.7 Å². The molecule has 1 atom stereocenters. The van der Waals surface area contributed by atoms with Gasteiger partial charge in [0.25, 0.3) is 0 Å². The minimum Gasteiger partial charge on any atom is -0.497 e. The lowest BCUT2D eigenvalue weighted by Crippen LogP contribution is -2.49. The van der Waals surface area contributed by atoms with Gasteiger partial charge in [0.1, 0.15) is 11.8 Å². The van der Waals surface area contributed by atoms with Crippen molar-refractivity contribution in [3.8, 4) is 5.75 Å². The Morgan fingerprint density at radius 3 is 2.53 bits per heavy atom. The molecular weight excluding hydrogens is 406 g/mol. The summed E-state index contributed by atoms with van der Waals surface area (Å²) in [5, 5.41) is 2.82. The number of morpholine rings is 1. The van der Waals surface area contributed by atoms with Gasteiger partial charge in [0.2, 0.25) is 11.8 Å². The molecule has 1 N–H and O–H groups in total. The number of methoxy groups -OCH3 is 1. The molecular formula is C25H39N3O4. The van der Waals surface area contributed by atoms with Crippen LogP contribution in [0.2, 0.25) is 0 Å². The molecule has 1 aromatic rings. The Morgan fingerprint density at radius 2 is 1.88 bits per heavy atom. The number of unbranched alkanes of at least 4 members (excludes halogenated alkanes) is 3. The molecule has 1 aliphatic rings. The third kappa shape index (κ3) is 9.40. The van der Waals surface area contributed by atoms with Crippen LogP contribution in [-0.2, 0) is 14.3 Å². The second-order valence-corrected chi connectivity index (χ2v) is 8.18. The van der Waals surface area contributed by atoms with Crippen molar-refractivity contribution in [3.05, 3.63) is 35.9 Å². The first-order valence-electron chi connectivity index (χ1n) is 11.7. The number of amides is 2. The summed E-state index contributed by atoms with van der Waals surface area (Å²) < 4.78 is 10.6. The highest BCUT2D eigenvalue weighted by Gasteiger charge is 2.22. The van der Waals surface area contributed by atoms with Crippen molar-refractivity contribution in [2.24, 2.45) is 0 Å². The van der Waals surface area contributed by atoms with Crippen LogP contribution in [0, 0.1) is 0 Å². The fourth-order valence-electron chi connectivity index (χ4n) is 3.63. The molecule has 7 heteroatoms. The number of hydrogen-bond donors (Lipinski definition) is 1. The molecule has 1 fully saturated rings. The average molecular weight is 446 g/mol. The Hall–Kier alpha value is -2.38. The first-order valence-corrected chi connectivity index (χ1v) is 11.7. The van der Waals surface area contributed by atoms with Crippen molar-refractivity contribution in [3.63, 3.8) is 0 Å². The molecule has 1 unspecified atom stereocenters. The van der Waals surface area contributed by atoms with Gasteiger partial charge in [-0.25, -0.2) is 0 Å². The molecule has 1 heterocycles. The van der Waals surface area contributed by atoms with Gasteiger partial charge in [0, 0.05) is 38.8 Å². The molecule has 1 saturated heterocycles. The standard InChI is InChI=1S/C25H39N3O4/c1-4-5-6-7-14-28(16-15-27-17-19-32-20-18-27)25(30)21(2)26-24(29)13-10-22-8-11-23(31-3)12-9-22/h8-13,21H,4-7,14-20H2,1-3H3,(H,26,29)/b13-10+. The maximum atomic E-state index is 13.1. The molecule has 7 nitrogen and oxygen atoms in total. The van der Waals surface area contributed by atoms with Gasteiger partial charge >= 0.3 is 0 Å². The van der Waals surface area contributed by atoms with E-state index in [0.29, 0.717) is 6.54 Å². The summed E-state index contributed by atoms with van der Waals surface area (Å²) in [5.74, 6) is 0.462. The Kier molecular flexibility index (Phi) is 11.8. The maximum absolute atomic E-state index is 13.1. The van der Waals surface area contributed by atoms with Crippen molar-refractivity contribution in [1.29, 1.82) is 0 Å². The van der Waals surface area contributed by atoms with Gasteiger partial charge in [-0.15, -0.1) is 0 Å². The molecule has 0 aromatic heterocycles. The summed E-state index contributed by atoms with van der Waals surface area (Å²) in [6.07, 6.45) is 7.63. The summed E-state index contributed by atoms with van der Waals surface area (Å²) in [6.45, 7) is 9.47. The number of nitrogens with zero attached hydrogens (tertiary/aromatic N) is 2. The molecule has 2 amide bonds. The lowest BCUT2D eigenvalue weighted by molar-refractivity contribution is -0.135. The van der Waals surface area contributed by atoms with Crippen LogP contribution in [0.15, 0.2) is 30.3 Å². The van der Waals surface area contributed by atoms with E-state index >= 15 is 0 Å². The van der Waals surface area contributed by atoms with Gasteiger partial charge in [-0.2, -0.15) is 0 Å². The summed E-state index contributed by atoms with van der Waals surface area (Å²) in [5.41, 5.74) is 0.892. The van der Waals surface area contributed by atoms with Crippen LogP contribution in [0.4, 0.5) is 0 Å². The zero-order valence-corrected chi connectivity index (χ0v) is 19.8. The second kappa shape index (κ2) is 14.6. The van der Waals surface area contributed by atoms with Crippen LogP contribution in [0.5, 0.6) is 5.75 Å². The van der Waals surface area contributed by atoms with Crippen LogP contribution in [0.25, 0.3) is 6.08 Å². The second-order valence-electron chi connectivity index (χ2n) is 8.18. The minimum absolute atomic E-state index is 0.0269. The Bertz CT molecular complexity index is 714. The Labute approximate surface area is 192 Å².